The summed E-state index contributed by atoms with van der Waals surface area (Å²) in [7, 11) is 1.15. The van der Waals surface area contributed by atoms with Gasteiger partial charge < -0.3 is 28.5 Å². The Kier molecular flexibility index (Phi) is 51.6. The number of ether oxygens (including phenoxy) is 1. The van der Waals surface area contributed by atoms with Gasteiger partial charge in [0.05, 0.1) is 33.8 Å². The number of phosphoric acid groups is 1. The number of nitrogens with one attached hydrogen (secondary N) is 1. The Morgan fingerprint density at radius 1 is 0.493 bits per heavy atom. The van der Waals surface area contributed by atoms with Crippen LogP contribution in [0.15, 0.2) is 109 Å². The first kappa shape index (κ1) is 71.7. The van der Waals surface area contributed by atoms with Crippen molar-refractivity contribution in [2.24, 2.45) is 0 Å². The number of amides is 1. The maximum absolute atomic E-state index is 13.5. The van der Waals surface area contributed by atoms with E-state index in [-0.39, 0.29) is 24.9 Å². The van der Waals surface area contributed by atoms with E-state index in [9.17, 15) is 19.0 Å². The average Bonchev–Trinajstić information content (AvgIpc) is 3.37. The summed E-state index contributed by atoms with van der Waals surface area (Å²) in [6.45, 7) is 6.56. The molecule has 0 saturated heterocycles. The highest BCUT2D eigenvalue weighted by Crippen LogP contribution is 2.38. The van der Waals surface area contributed by atoms with Crippen molar-refractivity contribution in [1.82, 2.24) is 5.32 Å². The molecule has 0 aliphatic heterocycles. The van der Waals surface area contributed by atoms with Crippen molar-refractivity contribution in [1.29, 1.82) is 0 Å². The summed E-state index contributed by atoms with van der Waals surface area (Å²) in [6, 6.07) is -0.906. The van der Waals surface area contributed by atoms with E-state index in [0.29, 0.717) is 23.9 Å². The second-order valence-corrected chi connectivity index (χ2v) is 22.6. The first-order valence-electron chi connectivity index (χ1n) is 30.2. The SMILES string of the molecule is CC/C=C\C/C=C\C/C=C\C/C=C\C/C=C\CCCCCCCCCC(=O)OC(/C=C\CCCCCCCCCCC)C(COP(=O)([O-])OCC[N+](C)(C)C)NC(=O)CCCCCCCCC/C=C/C=C/C=C/CC. The molecule has 0 aliphatic carbocycles. The van der Waals surface area contributed by atoms with Crippen molar-refractivity contribution in [3.05, 3.63) is 109 Å². The van der Waals surface area contributed by atoms with Gasteiger partial charge >= 0.3 is 5.97 Å². The summed E-state index contributed by atoms with van der Waals surface area (Å²) in [5, 5.41) is 3.01. The molecular formula is C65H113N2O7P. The highest BCUT2D eigenvalue weighted by Gasteiger charge is 2.27. The van der Waals surface area contributed by atoms with Crippen molar-refractivity contribution in [3.63, 3.8) is 0 Å². The van der Waals surface area contributed by atoms with Gasteiger partial charge in [-0.25, -0.2) is 0 Å². The van der Waals surface area contributed by atoms with Crippen LogP contribution in [0.5, 0.6) is 0 Å². The smallest absolute Gasteiger partial charge is 0.306 e. The number of unbranched alkanes of at least 4 members (excludes halogenated alkanes) is 23. The molecule has 75 heavy (non-hydrogen) atoms. The van der Waals surface area contributed by atoms with Gasteiger partial charge in [-0.15, -0.1) is 0 Å². The van der Waals surface area contributed by atoms with Crippen LogP contribution in [0.1, 0.15) is 239 Å². The largest absolute Gasteiger partial charge is 0.756 e. The number of quaternary nitrogens is 1. The van der Waals surface area contributed by atoms with Gasteiger partial charge in [-0.05, 0) is 96.0 Å². The minimum atomic E-state index is -4.71. The molecule has 0 rings (SSSR count). The molecule has 3 atom stereocenters. The molecule has 10 heteroatoms. The van der Waals surface area contributed by atoms with Crippen LogP contribution in [0, 0.1) is 0 Å². The third-order valence-electron chi connectivity index (χ3n) is 12.8. The highest BCUT2D eigenvalue weighted by atomic mass is 31.2. The molecule has 0 saturated carbocycles. The summed E-state index contributed by atoms with van der Waals surface area (Å²) in [6.07, 6.45) is 73.4. The van der Waals surface area contributed by atoms with E-state index in [2.05, 4.69) is 123 Å². The predicted molar refractivity (Wildman–Crippen MR) is 320 cm³/mol. The fraction of sp³-hybridized carbons (Fsp3) is 0.692. The Labute approximate surface area is 461 Å². The third-order valence-corrected chi connectivity index (χ3v) is 13.7. The first-order chi connectivity index (χ1) is 36.4. The quantitative estimate of drug-likeness (QED) is 0.0161. The molecule has 0 bridgehead atoms. The lowest BCUT2D eigenvalue weighted by Crippen LogP contribution is -2.47. The van der Waals surface area contributed by atoms with Crippen LogP contribution in [-0.4, -0.2) is 69.4 Å². The fourth-order valence-corrected chi connectivity index (χ4v) is 8.86. The number of rotatable bonds is 53. The number of esters is 1. The van der Waals surface area contributed by atoms with Crippen LogP contribution in [0.2, 0.25) is 0 Å². The zero-order valence-electron chi connectivity index (χ0n) is 49.0. The van der Waals surface area contributed by atoms with Gasteiger partial charge in [-0.1, -0.05) is 240 Å². The number of phosphoric ester groups is 1. The van der Waals surface area contributed by atoms with Gasteiger partial charge in [-0.2, -0.15) is 0 Å². The minimum absolute atomic E-state index is 0.0324. The van der Waals surface area contributed by atoms with Crippen molar-refractivity contribution in [3.8, 4) is 0 Å². The highest BCUT2D eigenvalue weighted by molar-refractivity contribution is 7.45. The summed E-state index contributed by atoms with van der Waals surface area (Å²) in [5.74, 6) is -0.575. The number of allylic oxidation sites excluding steroid dienone is 17. The summed E-state index contributed by atoms with van der Waals surface area (Å²) < 4.78 is 30.2. The Morgan fingerprint density at radius 2 is 0.920 bits per heavy atom. The van der Waals surface area contributed by atoms with E-state index in [4.69, 9.17) is 13.8 Å². The molecule has 0 fully saturated rings. The Bertz CT molecular complexity index is 1650. The first-order valence-corrected chi connectivity index (χ1v) is 31.7. The van der Waals surface area contributed by atoms with Gasteiger partial charge in [0.1, 0.15) is 19.3 Å². The molecule has 1 amide bonds. The lowest BCUT2D eigenvalue weighted by atomic mass is 10.1. The van der Waals surface area contributed by atoms with Crippen LogP contribution in [0.25, 0.3) is 0 Å². The standard InChI is InChI=1S/C65H113N2O7P/c1-7-10-13-16-19-22-25-27-29-30-31-32-33-34-35-36-38-40-43-46-49-52-55-58-65(69)74-63(56-53-50-47-44-41-24-21-18-15-12-9-3)62(61-73-75(70,71)72-60-59-67(4,5)6)66-64(68)57-54-51-48-45-42-39-37-28-26-23-20-17-14-11-8-2/h10-11,13-14,17,19-20,22-23,26-27,29,31-32,34-35,53,56,62-63H,7-9,12,15-16,18,21,24-25,28,30,33,36-52,54-55,57-61H2,1-6H3,(H-,66,68,70,71)/b13-10-,14-11+,20-17+,22-19-,26-23+,29-27-,32-31-,35-34-,56-53-. The van der Waals surface area contributed by atoms with E-state index < -0.39 is 26.6 Å². The van der Waals surface area contributed by atoms with E-state index in [1.165, 1.54) is 83.5 Å². The fourth-order valence-electron chi connectivity index (χ4n) is 8.14. The molecule has 0 aromatic rings. The molecule has 0 aromatic carbocycles. The molecule has 3 unspecified atom stereocenters. The maximum atomic E-state index is 13.5. The number of nitrogens with zero attached hydrogens (tertiary/aromatic N) is 1. The summed E-state index contributed by atoms with van der Waals surface area (Å²) >= 11 is 0. The predicted octanol–water partition coefficient (Wildman–Crippen LogP) is 17.9. The summed E-state index contributed by atoms with van der Waals surface area (Å²) in [5.41, 5.74) is 0. The van der Waals surface area contributed by atoms with Gasteiger partial charge in [0.25, 0.3) is 7.82 Å². The third kappa shape index (κ3) is 55.2. The minimum Gasteiger partial charge on any atom is -0.756 e. The molecule has 0 aliphatic rings. The lowest BCUT2D eigenvalue weighted by Gasteiger charge is -2.30. The second-order valence-electron chi connectivity index (χ2n) is 21.1. The van der Waals surface area contributed by atoms with E-state index in [1.54, 1.807) is 0 Å². The van der Waals surface area contributed by atoms with Crippen LogP contribution >= 0.6 is 7.82 Å². The second kappa shape index (κ2) is 54.0. The number of hydrogen-bond donors (Lipinski definition) is 1. The van der Waals surface area contributed by atoms with Gasteiger partial charge in [0.15, 0.2) is 0 Å². The van der Waals surface area contributed by atoms with E-state index >= 15 is 0 Å². The number of carbonyl (C=O) groups is 2. The Morgan fingerprint density at radius 3 is 1.43 bits per heavy atom. The van der Waals surface area contributed by atoms with Crippen LogP contribution in [-0.2, 0) is 27.9 Å². The number of likely N-dealkylation sites (N-methyl/N-ethyl adjacent to an activating group) is 1. The molecule has 0 radical (unpaired) electrons. The average molecular weight is 1070 g/mol. The summed E-state index contributed by atoms with van der Waals surface area (Å²) in [4.78, 5) is 39.9. The van der Waals surface area contributed by atoms with Crippen molar-refractivity contribution in [2.45, 2.75) is 251 Å². The molecule has 1 N–H and O–H groups in total. The Hall–Kier alpha value is -3.33. The van der Waals surface area contributed by atoms with Crippen molar-refractivity contribution in [2.75, 3.05) is 40.9 Å². The lowest BCUT2D eigenvalue weighted by molar-refractivity contribution is -0.870. The van der Waals surface area contributed by atoms with Crippen LogP contribution < -0.4 is 10.2 Å². The van der Waals surface area contributed by atoms with Crippen molar-refractivity contribution < 1.29 is 37.3 Å². The number of carbonyl (C=O) groups excluding carboxylic acids is 2. The van der Waals surface area contributed by atoms with Gasteiger partial charge in [0.2, 0.25) is 5.91 Å². The zero-order valence-corrected chi connectivity index (χ0v) is 49.9. The number of hydrogen-bond acceptors (Lipinski definition) is 7. The van der Waals surface area contributed by atoms with Gasteiger partial charge in [0, 0.05) is 12.8 Å². The zero-order chi connectivity index (χ0) is 55.0. The Balaban J connectivity index is 5.24. The van der Waals surface area contributed by atoms with Crippen LogP contribution in [0.4, 0.5) is 0 Å². The maximum Gasteiger partial charge on any atom is 0.306 e. The normalized spacial score (nSPS) is 14.5. The van der Waals surface area contributed by atoms with Crippen LogP contribution in [0.3, 0.4) is 0 Å². The molecule has 430 valence electrons. The van der Waals surface area contributed by atoms with E-state index in [1.807, 2.05) is 33.3 Å². The molecule has 9 nitrogen and oxygen atoms in total. The molecule has 0 aromatic heterocycles. The molecule has 0 heterocycles. The van der Waals surface area contributed by atoms with E-state index in [0.717, 1.165) is 116 Å². The molecular weight excluding hydrogens is 952 g/mol. The van der Waals surface area contributed by atoms with Crippen molar-refractivity contribution >= 4 is 19.7 Å². The monoisotopic (exact) mass is 1060 g/mol. The topological polar surface area (TPSA) is 114 Å². The molecule has 0 spiro atoms. The van der Waals surface area contributed by atoms with Gasteiger partial charge in [-0.3, -0.25) is 14.2 Å².